The second-order valence-electron chi connectivity index (χ2n) is 3.08. The van der Waals surface area contributed by atoms with Crippen LogP contribution in [0.25, 0.3) is 0 Å². The predicted molar refractivity (Wildman–Crippen MR) is 40.0 cm³/mol. The summed E-state index contributed by atoms with van der Waals surface area (Å²) < 4.78 is 39.4. The molecule has 1 saturated carbocycles. The van der Waals surface area contributed by atoms with E-state index in [1.165, 1.54) is 0 Å². The van der Waals surface area contributed by atoms with Crippen LogP contribution in [0.5, 0.6) is 0 Å². The highest BCUT2D eigenvalue weighted by molar-refractivity contribution is 7.05. The Morgan fingerprint density at radius 2 is 2.00 bits per heavy atom. The number of aromatic nitrogens is 2. The molecule has 1 aliphatic rings. The van der Waals surface area contributed by atoms with Crippen molar-refractivity contribution in [3.05, 3.63) is 10.8 Å². The quantitative estimate of drug-likeness (QED) is 0.762. The van der Waals surface area contributed by atoms with E-state index in [-0.39, 0.29) is 0 Å². The van der Waals surface area contributed by atoms with Crippen LogP contribution in [-0.2, 0) is 11.7 Å². The molecule has 7 heteroatoms. The van der Waals surface area contributed by atoms with Crippen molar-refractivity contribution in [1.29, 1.82) is 0 Å². The first-order chi connectivity index (χ1) is 5.92. The summed E-state index contributed by atoms with van der Waals surface area (Å²) in [4.78, 5) is 3.37. The van der Waals surface area contributed by atoms with Gasteiger partial charge in [-0.3, -0.25) is 0 Å². The normalized spacial score (nSPS) is 20.3. The maximum atomic E-state index is 12.1. The van der Waals surface area contributed by atoms with Gasteiger partial charge in [-0.15, -0.1) is 0 Å². The monoisotopic (exact) mass is 209 g/mol. The lowest BCUT2D eigenvalue weighted by Crippen LogP contribution is -2.19. The molecule has 0 atom stereocenters. The molecule has 0 aliphatic heterocycles. The largest absolute Gasteiger partial charge is 0.452 e. The van der Waals surface area contributed by atoms with Gasteiger partial charge in [0, 0.05) is 0 Å². The van der Waals surface area contributed by atoms with Crippen LogP contribution in [0.2, 0.25) is 0 Å². The van der Waals surface area contributed by atoms with E-state index in [2.05, 4.69) is 9.36 Å². The molecule has 2 N–H and O–H groups in total. The summed E-state index contributed by atoms with van der Waals surface area (Å²) in [5, 5.41) is 0.292. The minimum Gasteiger partial charge on any atom is -0.319 e. The van der Waals surface area contributed by atoms with Crippen molar-refractivity contribution in [2.45, 2.75) is 24.6 Å². The average molecular weight is 209 g/mol. The van der Waals surface area contributed by atoms with Crippen LogP contribution in [0.3, 0.4) is 0 Å². The Balaban J connectivity index is 2.29. The first-order valence-electron chi connectivity index (χ1n) is 3.62. The maximum Gasteiger partial charge on any atom is 0.452 e. The van der Waals surface area contributed by atoms with Gasteiger partial charge in [-0.25, -0.2) is 4.98 Å². The van der Waals surface area contributed by atoms with Gasteiger partial charge in [0.25, 0.3) is 0 Å². The SMILES string of the molecule is NC1(c2nc(C(F)(F)F)ns2)CC1. The fourth-order valence-electron chi connectivity index (χ4n) is 0.889. The zero-order chi connectivity index (χ0) is 9.69. The van der Waals surface area contributed by atoms with Gasteiger partial charge in [0.2, 0.25) is 5.82 Å². The third-order valence-electron chi connectivity index (χ3n) is 1.89. The molecule has 0 unspecified atom stereocenters. The van der Waals surface area contributed by atoms with Gasteiger partial charge in [-0.05, 0) is 24.4 Å². The summed E-state index contributed by atoms with van der Waals surface area (Å²) in [6.45, 7) is 0. The highest BCUT2D eigenvalue weighted by Crippen LogP contribution is 2.44. The fourth-order valence-corrected chi connectivity index (χ4v) is 1.72. The molecule has 0 spiro atoms. The van der Waals surface area contributed by atoms with Gasteiger partial charge < -0.3 is 5.73 Å². The van der Waals surface area contributed by atoms with E-state index in [1.54, 1.807) is 0 Å². The Morgan fingerprint density at radius 3 is 2.38 bits per heavy atom. The molecule has 0 radical (unpaired) electrons. The van der Waals surface area contributed by atoms with E-state index in [9.17, 15) is 13.2 Å². The number of nitrogens with two attached hydrogens (primary N) is 1. The van der Waals surface area contributed by atoms with Crippen molar-refractivity contribution in [2.75, 3.05) is 0 Å². The van der Waals surface area contributed by atoms with E-state index in [1.807, 2.05) is 0 Å². The molecule has 1 aromatic heterocycles. The minimum atomic E-state index is -4.46. The first kappa shape index (κ1) is 8.89. The standard InChI is InChI=1S/C6H6F3N3S/c7-6(8,9)3-11-4(13-12-3)5(10)1-2-5/h1-2,10H2. The Labute approximate surface area is 75.9 Å². The molecule has 3 nitrogen and oxygen atoms in total. The van der Waals surface area contributed by atoms with E-state index in [0.29, 0.717) is 17.8 Å². The smallest absolute Gasteiger partial charge is 0.319 e. The Bertz CT molecular complexity index is 308. The Kier molecular flexibility index (Phi) is 1.65. The third kappa shape index (κ3) is 1.53. The fraction of sp³-hybridized carbons (Fsp3) is 0.667. The van der Waals surface area contributed by atoms with Crippen molar-refractivity contribution in [3.8, 4) is 0 Å². The molecule has 0 bridgehead atoms. The van der Waals surface area contributed by atoms with Crippen molar-refractivity contribution >= 4 is 11.5 Å². The number of alkyl halides is 3. The lowest BCUT2D eigenvalue weighted by Gasteiger charge is -2.01. The van der Waals surface area contributed by atoms with E-state index in [0.717, 1.165) is 11.5 Å². The number of hydrogen-bond acceptors (Lipinski definition) is 4. The summed E-state index contributed by atoms with van der Waals surface area (Å²) >= 11 is 0.740. The van der Waals surface area contributed by atoms with Crippen LogP contribution >= 0.6 is 11.5 Å². The molecule has 13 heavy (non-hydrogen) atoms. The van der Waals surface area contributed by atoms with E-state index in [4.69, 9.17) is 5.73 Å². The van der Waals surface area contributed by atoms with Crippen molar-refractivity contribution < 1.29 is 13.2 Å². The van der Waals surface area contributed by atoms with Gasteiger partial charge in [0.1, 0.15) is 5.01 Å². The van der Waals surface area contributed by atoms with E-state index >= 15 is 0 Å². The van der Waals surface area contributed by atoms with Crippen LogP contribution in [0.1, 0.15) is 23.7 Å². The van der Waals surface area contributed by atoms with Crippen molar-refractivity contribution in [2.24, 2.45) is 5.73 Å². The number of nitrogens with zero attached hydrogens (tertiary/aromatic N) is 2. The van der Waals surface area contributed by atoms with Gasteiger partial charge in [0.05, 0.1) is 5.54 Å². The summed E-state index contributed by atoms with van der Waals surface area (Å²) in [5.41, 5.74) is 5.04. The Hall–Kier alpha value is -0.690. The van der Waals surface area contributed by atoms with Crippen molar-refractivity contribution in [1.82, 2.24) is 9.36 Å². The molecule has 1 aliphatic carbocycles. The average Bonchev–Trinajstić information content (AvgIpc) is 2.60. The minimum absolute atomic E-state index is 0.292. The lowest BCUT2D eigenvalue weighted by atomic mass is 10.3. The second-order valence-corrected chi connectivity index (χ2v) is 3.83. The first-order valence-corrected chi connectivity index (χ1v) is 4.39. The Morgan fingerprint density at radius 1 is 1.38 bits per heavy atom. The highest BCUT2D eigenvalue weighted by Gasteiger charge is 2.45. The molecule has 0 aromatic carbocycles. The van der Waals surface area contributed by atoms with E-state index < -0.39 is 17.5 Å². The second kappa shape index (κ2) is 2.42. The molecule has 72 valence electrons. The third-order valence-corrected chi connectivity index (χ3v) is 2.83. The molecular formula is C6H6F3N3S. The summed E-state index contributed by atoms with van der Waals surface area (Å²) in [6, 6.07) is 0. The van der Waals surface area contributed by atoms with Gasteiger partial charge in [0.15, 0.2) is 0 Å². The number of rotatable bonds is 1. The molecular weight excluding hydrogens is 203 g/mol. The molecule has 2 rings (SSSR count). The van der Waals surface area contributed by atoms with Crippen LogP contribution < -0.4 is 5.73 Å². The molecule has 1 aromatic rings. The maximum absolute atomic E-state index is 12.1. The summed E-state index contributed by atoms with van der Waals surface area (Å²) in [5.74, 6) is -1.08. The highest BCUT2D eigenvalue weighted by atomic mass is 32.1. The zero-order valence-corrected chi connectivity index (χ0v) is 7.24. The lowest BCUT2D eigenvalue weighted by molar-refractivity contribution is -0.144. The topological polar surface area (TPSA) is 51.8 Å². The summed E-state index contributed by atoms with van der Waals surface area (Å²) in [7, 11) is 0. The number of halogens is 3. The van der Waals surface area contributed by atoms with Crippen LogP contribution in [0.4, 0.5) is 13.2 Å². The predicted octanol–water partition coefficient (Wildman–Crippen LogP) is 1.50. The van der Waals surface area contributed by atoms with Crippen molar-refractivity contribution in [3.63, 3.8) is 0 Å². The van der Waals surface area contributed by atoms with Crippen LogP contribution in [0.15, 0.2) is 0 Å². The molecule has 0 amide bonds. The van der Waals surface area contributed by atoms with Gasteiger partial charge in [-0.2, -0.15) is 17.5 Å². The van der Waals surface area contributed by atoms with Crippen LogP contribution in [0, 0.1) is 0 Å². The number of hydrogen-bond donors (Lipinski definition) is 1. The molecule has 1 heterocycles. The van der Waals surface area contributed by atoms with Crippen LogP contribution in [-0.4, -0.2) is 9.36 Å². The summed E-state index contributed by atoms with van der Waals surface area (Å²) in [6.07, 6.45) is -3.07. The van der Waals surface area contributed by atoms with Gasteiger partial charge in [-0.1, -0.05) is 0 Å². The molecule has 0 saturated heterocycles. The molecule has 1 fully saturated rings. The van der Waals surface area contributed by atoms with Gasteiger partial charge >= 0.3 is 6.18 Å². The zero-order valence-electron chi connectivity index (χ0n) is 6.43.